The maximum atomic E-state index is 13.7. The maximum Gasteiger partial charge on any atom is 0.229 e. The van der Waals surface area contributed by atoms with Crippen LogP contribution in [0, 0.1) is 5.92 Å². The first-order chi connectivity index (χ1) is 18.0. The van der Waals surface area contributed by atoms with Crippen molar-refractivity contribution in [2.24, 2.45) is 10.9 Å². The van der Waals surface area contributed by atoms with Gasteiger partial charge in [0.25, 0.3) is 0 Å². The number of nitrogens with one attached hydrogen (secondary N) is 2. The number of ether oxygens (including phenoxy) is 1. The minimum absolute atomic E-state index is 0.00837. The van der Waals surface area contributed by atoms with E-state index in [4.69, 9.17) is 4.74 Å². The summed E-state index contributed by atoms with van der Waals surface area (Å²) in [6, 6.07) is 6.36. The van der Waals surface area contributed by atoms with Crippen LogP contribution in [0.3, 0.4) is 0 Å². The number of piperidine rings is 1. The quantitative estimate of drug-likeness (QED) is 0.508. The first-order valence-electron chi connectivity index (χ1n) is 13.4. The molecule has 1 saturated heterocycles. The van der Waals surface area contributed by atoms with E-state index >= 15 is 0 Å². The molecule has 1 aromatic heterocycles. The van der Waals surface area contributed by atoms with Crippen LogP contribution < -0.4 is 10.6 Å². The molecule has 10 heteroatoms. The average molecular weight is 528 g/mol. The summed E-state index contributed by atoms with van der Waals surface area (Å²) in [5.41, 5.74) is 2.83. The number of rotatable bonds is 7. The number of hydrogen-bond acceptors (Lipinski definition) is 8. The number of aliphatic imine (C=N–C) groups is 1. The molecule has 3 heterocycles. The Labute approximate surface area is 220 Å². The number of likely N-dealkylation sites (tertiary alicyclic amines) is 1. The van der Waals surface area contributed by atoms with Gasteiger partial charge in [0.05, 0.1) is 29.0 Å². The van der Waals surface area contributed by atoms with Gasteiger partial charge in [-0.25, -0.2) is 9.37 Å². The van der Waals surface area contributed by atoms with Crippen LogP contribution in [0.4, 0.5) is 9.52 Å². The number of carbonyl (C=O) groups is 1. The van der Waals surface area contributed by atoms with Gasteiger partial charge in [0.2, 0.25) is 5.91 Å². The Morgan fingerprint density at radius 1 is 1.27 bits per heavy atom. The van der Waals surface area contributed by atoms with Crippen molar-refractivity contribution in [1.82, 2.24) is 15.2 Å². The lowest BCUT2D eigenvalue weighted by Crippen LogP contribution is -2.51. The molecule has 2 aromatic rings. The van der Waals surface area contributed by atoms with Gasteiger partial charge in [0.15, 0.2) is 5.13 Å². The highest BCUT2D eigenvalue weighted by atomic mass is 32.1. The molecule has 1 amide bonds. The zero-order valence-electron chi connectivity index (χ0n) is 20.8. The SMILES string of the molecule is O=C(Nc1nc2ccc(C3=CNC(CO[C@H]4CCC[C@@H]4O)N=C3)cc2s1)C1CC(N2CCC[C@H](F)C2)C1. The van der Waals surface area contributed by atoms with Crippen molar-refractivity contribution in [1.29, 1.82) is 0 Å². The fourth-order valence-corrected chi connectivity index (χ4v) is 6.66. The molecule has 6 rings (SSSR count). The number of benzene rings is 1. The van der Waals surface area contributed by atoms with Crippen LogP contribution in [0.15, 0.2) is 29.4 Å². The highest BCUT2D eigenvalue weighted by molar-refractivity contribution is 7.22. The third-order valence-electron chi connectivity index (χ3n) is 8.06. The number of alkyl halides is 1. The topological polar surface area (TPSA) is 99.1 Å². The van der Waals surface area contributed by atoms with Crippen molar-refractivity contribution in [2.75, 3.05) is 25.0 Å². The van der Waals surface area contributed by atoms with Gasteiger partial charge in [0.1, 0.15) is 12.3 Å². The monoisotopic (exact) mass is 527 g/mol. The molecular weight excluding hydrogens is 493 g/mol. The Bertz CT molecular complexity index is 1200. The highest BCUT2D eigenvalue weighted by Gasteiger charge is 2.39. The number of thiazole rings is 1. The number of carbonyl (C=O) groups excluding carboxylic acids is 1. The summed E-state index contributed by atoms with van der Waals surface area (Å²) in [6.45, 7) is 1.87. The number of amides is 1. The number of aromatic nitrogens is 1. The number of allylic oxidation sites excluding steroid dienone is 1. The summed E-state index contributed by atoms with van der Waals surface area (Å²) in [7, 11) is 0. The molecule has 2 aliphatic carbocycles. The molecule has 0 spiro atoms. The Balaban J connectivity index is 1.02. The second-order valence-electron chi connectivity index (χ2n) is 10.7. The van der Waals surface area contributed by atoms with Gasteiger partial charge in [-0.1, -0.05) is 17.4 Å². The van der Waals surface area contributed by atoms with Gasteiger partial charge >= 0.3 is 0 Å². The van der Waals surface area contributed by atoms with Crippen LogP contribution in [0.2, 0.25) is 0 Å². The van der Waals surface area contributed by atoms with E-state index in [2.05, 4.69) is 31.6 Å². The van der Waals surface area contributed by atoms with Gasteiger partial charge in [-0.15, -0.1) is 0 Å². The predicted octanol–water partition coefficient (Wildman–Crippen LogP) is 3.72. The lowest BCUT2D eigenvalue weighted by Gasteiger charge is -2.44. The highest BCUT2D eigenvalue weighted by Crippen LogP contribution is 2.36. The van der Waals surface area contributed by atoms with E-state index in [1.807, 2.05) is 24.5 Å². The lowest BCUT2D eigenvalue weighted by molar-refractivity contribution is -0.124. The first kappa shape index (κ1) is 24.9. The number of nitrogens with zero attached hydrogens (tertiary/aromatic N) is 3. The number of hydrogen-bond donors (Lipinski definition) is 3. The average Bonchev–Trinajstić information content (AvgIpc) is 3.46. The molecule has 4 atom stereocenters. The number of fused-ring (bicyclic) bond motifs is 1. The molecule has 2 saturated carbocycles. The summed E-state index contributed by atoms with van der Waals surface area (Å²) in [4.78, 5) is 24.2. The summed E-state index contributed by atoms with van der Waals surface area (Å²) in [5.74, 6) is -0.0230. The van der Waals surface area contributed by atoms with Crippen LogP contribution in [0.1, 0.15) is 50.5 Å². The van der Waals surface area contributed by atoms with Gasteiger partial charge in [0, 0.05) is 36.5 Å². The zero-order valence-corrected chi connectivity index (χ0v) is 21.6. The van der Waals surface area contributed by atoms with E-state index in [9.17, 15) is 14.3 Å². The van der Waals surface area contributed by atoms with Crippen molar-refractivity contribution in [3.05, 3.63) is 30.0 Å². The minimum atomic E-state index is -0.729. The maximum absolute atomic E-state index is 13.7. The third-order valence-corrected chi connectivity index (χ3v) is 8.99. The van der Waals surface area contributed by atoms with Crippen molar-refractivity contribution in [3.8, 4) is 0 Å². The lowest BCUT2D eigenvalue weighted by atomic mass is 9.78. The Kier molecular flexibility index (Phi) is 7.25. The molecule has 1 unspecified atom stereocenters. The normalized spacial score (nSPS) is 32.1. The van der Waals surface area contributed by atoms with Crippen LogP contribution >= 0.6 is 11.3 Å². The van der Waals surface area contributed by atoms with Gasteiger partial charge < -0.3 is 20.5 Å². The fraction of sp³-hybridized carbons (Fsp3) is 0.593. The van der Waals surface area contributed by atoms with Crippen molar-refractivity contribution >= 4 is 44.4 Å². The van der Waals surface area contributed by atoms with Gasteiger partial charge in [-0.2, -0.15) is 0 Å². The van der Waals surface area contributed by atoms with E-state index in [1.54, 1.807) is 0 Å². The molecule has 4 aliphatic rings. The summed E-state index contributed by atoms with van der Waals surface area (Å²) in [6.07, 6.45) is 8.31. The summed E-state index contributed by atoms with van der Waals surface area (Å²) < 4.78 is 20.5. The standard InChI is InChI=1S/C27H34FN5O3S/c28-19-3-2-8-33(14-19)20-9-17(10-20)26(35)32-27-31-21-7-6-16(11-24(21)37-27)18-12-29-25(30-13-18)15-36-23-5-1-4-22(23)34/h6-7,11-13,17,19-20,22-23,25,29,34H,1-5,8-10,14-15H2,(H,31,32,35)/t17?,19-,20?,22-,23-,25?/m0/s1. The Hall–Kier alpha value is -2.40. The Morgan fingerprint density at radius 3 is 2.92 bits per heavy atom. The molecule has 0 radical (unpaired) electrons. The van der Waals surface area contributed by atoms with Crippen molar-refractivity contribution in [3.63, 3.8) is 0 Å². The van der Waals surface area contributed by atoms with Gasteiger partial charge in [-0.3, -0.25) is 14.7 Å². The van der Waals surface area contributed by atoms with E-state index in [-0.39, 0.29) is 30.2 Å². The van der Waals surface area contributed by atoms with E-state index in [0.717, 1.165) is 66.4 Å². The Morgan fingerprint density at radius 2 is 2.16 bits per heavy atom. The molecular formula is C27H34FN5O3S. The molecule has 1 aromatic carbocycles. The third kappa shape index (κ3) is 5.57. The predicted molar refractivity (Wildman–Crippen MR) is 143 cm³/mol. The van der Waals surface area contributed by atoms with Crippen molar-refractivity contribution < 1.29 is 19.0 Å². The number of anilines is 1. The first-order valence-corrected chi connectivity index (χ1v) is 14.2. The number of aliphatic hydroxyl groups is 1. The molecule has 37 heavy (non-hydrogen) atoms. The molecule has 198 valence electrons. The number of aliphatic hydroxyl groups excluding tert-OH is 1. The second kappa shape index (κ2) is 10.8. The van der Waals surface area contributed by atoms with E-state index in [1.165, 1.54) is 11.3 Å². The van der Waals surface area contributed by atoms with E-state index in [0.29, 0.717) is 30.7 Å². The zero-order chi connectivity index (χ0) is 25.4. The van der Waals surface area contributed by atoms with Crippen molar-refractivity contribution in [2.45, 2.75) is 75.5 Å². The van der Waals surface area contributed by atoms with Crippen LogP contribution in [0.25, 0.3) is 15.8 Å². The van der Waals surface area contributed by atoms with E-state index < -0.39 is 6.17 Å². The van der Waals surface area contributed by atoms with Crippen LogP contribution in [-0.4, -0.2) is 77.4 Å². The molecule has 3 fully saturated rings. The molecule has 3 N–H and O–H groups in total. The minimum Gasteiger partial charge on any atom is -0.390 e. The summed E-state index contributed by atoms with van der Waals surface area (Å²) in [5, 5.41) is 16.8. The smallest absolute Gasteiger partial charge is 0.229 e. The number of halogens is 1. The van der Waals surface area contributed by atoms with Crippen LogP contribution in [0.5, 0.6) is 0 Å². The fourth-order valence-electron chi connectivity index (χ4n) is 5.75. The molecule has 2 aliphatic heterocycles. The molecule has 8 nitrogen and oxygen atoms in total. The van der Waals surface area contributed by atoms with Crippen LogP contribution in [-0.2, 0) is 9.53 Å². The molecule has 0 bridgehead atoms. The van der Waals surface area contributed by atoms with Gasteiger partial charge in [-0.05, 0) is 69.2 Å². The largest absolute Gasteiger partial charge is 0.390 e. The summed E-state index contributed by atoms with van der Waals surface area (Å²) >= 11 is 1.47. The second-order valence-corrected chi connectivity index (χ2v) is 11.7.